The fourth-order valence-corrected chi connectivity index (χ4v) is 3.87. The van der Waals surface area contributed by atoms with Crippen LogP contribution < -0.4 is 0 Å². The van der Waals surface area contributed by atoms with E-state index in [1.165, 1.54) is 0 Å². The summed E-state index contributed by atoms with van der Waals surface area (Å²) in [4.78, 5) is 19.7. The van der Waals surface area contributed by atoms with E-state index in [0.717, 1.165) is 56.6 Å². The molecule has 0 atom stereocenters. The molecule has 1 saturated carbocycles. The number of hydrogen-bond acceptors (Lipinski definition) is 5. The van der Waals surface area contributed by atoms with E-state index in [1.807, 2.05) is 46.1 Å². The highest BCUT2D eigenvalue weighted by Crippen LogP contribution is 2.43. The van der Waals surface area contributed by atoms with E-state index < -0.39 is 0 Å². The van der Waals surface area contributed by atoms with Crippen molar-refractivity contribution in [3.8, 4) is 11.5 Å². The lowest BCUT2D eigenvalue weighted by Gasteiger charge is -2.31. The Morgan fingerprint density at radius 1 is 1.11 bits per heavy atom. The maximum absolute atomic E-state index is 13.2. The van der Waals surface area contributed by atoms with E-state index in [1.54, 1.807) is 6.20 Å². The van der Waals surface area contributed by atoms with Crippen LogP contribution in [-0.2, 0) is 6.54 Å². The van der Waals surface area contributed by atoms with Crippen LogP contribution in [0.5, 0.6) is 0 Å². The first-order chi connectivity index (χ1) is 13.8. The van der Waals surface area contributed by atoms with Crippen molar-refractivity contribution in [3.63, 3.8) is 0 Å². The van der Waals surface area contributed by atoms with E-state index in [9.17, 15) is 4.79 Å². The molecule has 0 spiro atoms. The number of carbonyl (C=O) groups excluding carboxylic acids is 1. The monoisotopic (exact) mass is 377 g/mol. The van der Waals surface area contributed by atoms with Crippen molar-refractivity contribution in [2.75, 3.05) is 13.1 Å². The molecule has 2 fully saturated rings. The number of piperidine rings is 1. The Labute approximate surface area is 163 Å². The molecule has 3 aromatic rings. The maximum Gasteiger partial charge on any atom is 0.276 e. The van der Waals surface area contributed by atoms with Crippen molar-refractivity contribution >= 4 is 5.91 Å². The predicted octanol–water partition coefficient (Wildman–Crippen LogP) is 3.36. The number of likely N-dealkylation sites (tertiary alicyclic amines) is 1. The summed E-state index contributed by atoms with van der Waals surface area (Å²) in [7, 11) is 0. The fraction of sp³-hybridized carbons (Fsp3) is 0.429. The Bertz CT molecular complexity index is 939. The summed E-state index contributed by atoms with van der Waals surface area (Å²) in [5.41, 5.74) is 1.42. The number of nitrogens with zero attached hydrogens (tertiary/aromatic N) is 5. The molecule has 1 saturated heterocycles. The second-order valence-corrected chi connectivity index (χ2v) is 7.73. The first kappa shape index (κ1) is 17.2. The molecule has 28 heavy (non-hydrogen) atoms. The SMILES string of the molecule is O=C(c1nc(-c2ccccc2)oc1C1CC1)N1CCC(Cn2ccnn2)CC1. The summed E-state index contributed by atoms with van der Waals surface area (Å²) in [5, 5.41) is 7.90. The van der Waals surface area contributed by atoms with Crippen LogP contribution in [0, 0.1) is 5.92 Å². The van der Waals surface area contributed by atoms with Gasteiger partial charge in [-0.15, -0.1) is 5.10 Å². The minimum Gasteiger partial charge on any atom is -0.440 e. The molecule has 5 rings (SSSR count). The quantitative estimate of drug-likeness (QED) is 0.681. The smallest absolute Gasteiger partial charge is 0.276 e. The molecule has 1 aliphatic heterocycles. The van der Waals surface area contributed by atoms with Crippen molar-refractivity contribution in [1.82, 2.24) is 24.9 Å². The van der Waals surface area contributed by atoms with Gasteiger partial charge in [0, 0.05) is 37.3 Å². The van der Waals surface area contributed by atoms with Crippen molar-refractivity contribution in [2.24, 2.45) is 5.92 Å². The summed E-state index contributed by atoms with van der Waals surface area (Å²) in [6, 6.07) is 9.80. The van der Waals surface area contributed by atoms with E-state index in [2.05, 4.69) is 15.3 Å². The zero-order valence-corrected chi connectivity index (χ0v) is 15.7. The van der Waals surface area contributed by atoms with Crippen molar-refractivity contribution < 1.29 is 9.21 Å². The van der Waals surface area contributed by atoms with Crippen LogP contribution in [0.2, 0.25) is 0 Å². The molecule has 2 aliphatic rings. The third kappa shape index (κ3) is 3.44. The number of rotatable bonds is 5. The lowest BCUT2D eigenvalue weighted by atomic mass is 9.96. The molecule has 7 nitrogen and oxygen atoms in total. The van der Waals surface area contributed by atoms with Crippen LogP contribution in [0.4, 0.5) is 0 Å². The van der Waals surface area contributed by atoms with Gasteiger partial charge in [0.2, 0.25) is 5.89 Å². The van der Waals surface area contributed by atoms with E-state index in [0.29, 0.717) is 23.4 Å². The highest BCUT2D eigenvalue weighted by molar-refractivity contribution is 5.94. The molecule has 1 aromatic carbocycles. The standard InChI is InChI=1S/C21H23N5O2/c27-21(25-11-8-15(9-12-25)14-26-13-10-22-24-26)18-19(16-6-7-16)28-20(23-18)17-4-2-1-3-5-17/h1-5,10,13,15-16H,6-9,11-12,14H2. The molecule has 3 heterocycles. The summed E-state index contributed by atoms with van der Waals surface area (Å²) in [5.74, 6) is 2.19. The van der Waals surface area contributed by atoms with Crippen LogP contribution in [0.25, 0.3) is 11.5 Å². The molecule has 1 aliphatic carbocycles. The van der Waals surface area contributed by atoms with Gasteiger partial charge in [-0.25, -0.2) is 4.98 Å². The van der Waals surface area contributed by atoms with Gasteiger partial charge in [0.1, 0.15) is 5.76 Å². The largest absolute Gasteiger partial charge is 0.440 e. The molecule has 1 amide bonds. The molecule has 0 N–H and O–H groups in total. The van der Waals surface area contributed by atoms with Crippen molar-refractivity contribution in [3.05, 3.63) is 54.2 Å². The highest BCUT2D eigenvalue weighted by atomic mass is 16.4. The summed E-state index contributed by atoms with van der Waals surface area (Å²) < 4.78 is 7.92. The molecule has 144 valence electrons. The first-order valence-corrected chi connectivity index (χ1v) is 9.97. The van der Waals surface area contributed by atoms with Gasteiger partial charge in [-0.3, -0.25) is 9.48 Å². The van der Waals surface area contributed by atoms with Gasteiger partial charge in [0.15, 0.2) is 5.69 Å². The Hall–Kier alpha value is -2.96. The Morgan fingerprint density at radius 2 is 1.89 bits per heavy atom. The van der Waals surface area contributed by atoms with Crippen LogP contribution in [0.1, 0.15) is 47.8 Å². The van der Waals surface area contributed by atoms with Crippen molar-refractivity contribution in [1.29, 1.82) is 0 Å². The topological polar surface area (TPSA) is 77.0 Å². The molecule has 7 heteroatoms. The molecule has 0 unspecified atom stereocenters. The van der Waals surface area contributed by atoms with Gasteiger partial charge < -0.3 is 9.32 Å². The number of benzene rings is 1. The zero-order chi connectivity index (χ0) is 18.9. The Kier molecular flexibility index (Phi) is 4.43. The summed E-state index contributed by atoms with van der Waals surface area (Å²) >= 11 is 0. The zero-order valence-electron chi connectivity index (χ0n) is 15.7. The second kappa shape index (κ2) is 7.22. The number of hydrogen-bond donors (Lipinski definition) is 0. The third-order valence-corrected chi connectivity index (χ3v) is 5.64. The van der Waals surface area contributed by atoms with Crippen LogP contribution >= 0.6 is 0 Å². The van der Waals surface area contributed by atoms with E-state index >= 15 is 0 Å². The van der Waals surface area contributed by atoms with Crippen LogP contribution in [-0.4, -0.2) is 43.9 Å². The Morgan fingerprint density at radius 3 is 2.57 bits per heavy atom. The normalized spacial score (nSPS) is 17.8. The minimum atomic E-state index is 0.00652. The number of aromatic nitrogens is 4. The average Bonchev–Trinajstić information content (AvgIpc) is 3.27. The van der Waals surface area contributed by atoms with Gasteiger partial charge in [-0.1, -0.05) is 23.4 Å². The van der Waals surface area contributed by atoms with Gasteiger partial charge in [-0.05, 0) is 43.7 Å². The summed E-state index contributed by atoms with van der Waals surface area (Å²) in [6.45, 7) is 2.35. The number of carbonyl (C=O) groups is 1. The number of amides is 1. The van der Waals surface area contributed by atoms with Gasteiger partial charge in [0.05, 0.1) is 6.20 Å². The lowest BCUT2D eigenvalue weighted by molar-refractivity contribution is 0.0673. The van der Waals surface area contributed by atoms with E-state index in [-0.39, 0.29) is 5.91 Å². The predicted molar refractivity (Wildman–Crippen MR) is 103 cm³/mol. The van der Waals surface area contributed by atoms with Crippen molar-refractivity contribution in [2.45, 2.75) is 38.1 Å². The fourth-order valence-electron chi connectivity index (χ4n) is 3.87. The highest BCUT2D eigenvalue weighted by Gasteiger charge is 2.36. The van der Waals surface area contributed by atoms with E-state index in [4.69, 9.17) is 4.42 Å². The molecule has 0 radical (unpaired) electrons. The second-order valence-electron chi connectivity index (χ2n) is 7.73. The first-order valence-electron chi connectivity index (χ1n) is 9.97. The molecule has 2 aromatic heterocycles. The molecular formula is C21H23N5O2. The number of oxazole rings is 1. The average molecular weight is 377 g/mol. The lowest BCUT2D eigenvalue weighted by Crippen LogP contribution is -2.39. The maximum atomic E-state index is 13.2. The molecule has 0 bridgehead atoms. The van der Waals surface area contributed by atoms with Gasteiger partial charge in [0.25, 0.3) is 5.91 Å². The third-order valence-electron chi connectivity index (χ3n) is 5.64. The van der Waals surface area contributed by atoms with Crippen LogP contribution in [0.15, 0.2) is 47.1 Å². The van der Waals surface area contributed by atoms with Gasteiger partial charge >= 0.3 is 0 Å². The summed E-state index contributed by atoms with van der Waals surface area (Å²) in [6.07, 6.45) is 7.67. The Balaban J connectivity index is 1.31. The minimum absolute atomic E-state index is 0.00652. The van der Waals surface area contributed by atoms with Crippen LogP contribution in [0.3, 0.4) is 0 Å². The van der Waals surface area contributed by atoms with Gasteiger partial charge in [-0.2, -0.15) is 0 Å². The molecular weight excluding hydrogens is 354 g/mol.